The minimum absolute atomic E-state index is 0.191. The summed E-state index contributed by atoms with van der Waals surface area (Å²) in [6.45, 7) is 3.94. The van der Waals surface area contributed by atoms with Crippen LogP contribution in [-0.2, 0) is 34.2 Å². The first-order chi connectivity index (χ1) is 26.3. The number of likely N-dealkylation sites (N-methyl/N-ethyl adjacent to an activating group) is 1. The summed E-state index contributed by atoms with van der Waals surface area (Å²) in [5.41, 5.74) is 3.31. The van der Waals surface area contributed by atoms with Crippen LogP contribution in [0.15, 0.2) is 182 Å². The summed E-state index contributed by atoms with van der Waals surface area (Å²) in [7, 11) is 1.95. The van der Waals surface area contributed by atoms with E-state index in [9.17, 15) is 0 Å². The molecule has 0 radical (unpaired) electrons. The molecule has 2 saturated heterocycles. The van der Waals surface area contributed by atoms with Gasteiger partial charge in [-0.25, -0.2) is 0 Å². The smallest absolute Gasteiger partial charge is 0.336 e. The van der Waals surface area contributed by atoms with Gasteiger partial charge in [0.05, 0.1) is 6.04 Å². The van der Waals surface area contributed by atoms with Gasteiger partial charge in [-0.05, 0) is 61.3 Å². The first-order valence-corrected chi connectivity index (χ1v) is 19.6. The zero-order chi connectivity index (χ0) is 37.2. The number of fused-ring (bicyclic) bond motifs is 1. The number of benzene rings is 6. The predicted molar refractivity (Wildman–Crippen MR) is 213 cm³/mol. The molecule has 0 saturated carbocycles. The molecule has 8 rings (SSSR count). The second-order valence-corrected chi connectivity index (χ2v) is 15.6. The van der Waals surface area contributed by atoms with Crippen molar-refractivity contribution in [2.45, 2.75) is 55.2 Å². The van der Waals surface area contributed by atoms with E-state index >= 15 is 0 Å². The van der Waals surface area contributed by atoms with E-state index in [0.29, 0.717) is 0 Å². The fourth-order valence-electron chi connectivity index (χ4n) is 8.13. The zero-order valence-electron chi connectivity index (χ0n) is 31.1. The van der Waals surface area contributed by atoms with Crippen molar-refractivity contribution >= 4 is 8.60 Å². The lowest BCUT2D eigenvalue weighted by molar-refractivity contribution is -0.177. The normalized spacial score (nSPS) is 22.5. The van der Waals surface area contributed by atoms with Gasteiger partial charge in [0.2, 0.25) is 0 Å². The van der Waals surface area contributed by atoms with E-state index in [0.717, 1.165) is 33.4 Å². The Morgan fingerprint density at radius 1 is 0.481 bits per heavy atom. The molecule has 6 nitrogen and oxygen atoms in total. The molecule has 2 fully saturated rings. The van der Waals surface area contributed by atoms with Crippen molar-refractivity contribution in [1.29, 1.82) is 0 Å². The maximum atomic E-state index is 7.69. The summed E-state index contributed by atoms with van der Waals surface area (Å²) in [5, 5.41) is 0. The Bertz CT molecular complexity index is 1900. The lowest BCUT2D eigenvalue weighted by Crippen LogP contribution is -2.53. The van der Waals surface area contributed by atoms with Crippen molar-refractivity contribution in [3.8, 4) is 0 Å². The van der Waals surface area contributed by atoms with E-state index in [2.05, 4.69) is 116 Å². The summed E-state index contributed by atoms with van der Waals surface area (Å²) in [5.74, 6) is -0.984. The van der Waals surface area contributed by atoms with Crippen molar-refractivity contribution in [2.75, 3.05) is 14.1 Å². The van der Waals surface area contributed by atoms with Crippen molar-refractivity contribution in [1.82, 2.24) is 4.90 Å². The number of hydrogen-bond acceptors (Lipinski definition) is 6. The number of rotatable bonds is 10. The highest BCUT2D eigenvalue weighted by molar-refractivity contribution is 7.41. The lowest BCUT2D eigenvalue weighted by Gasteiger charge is -2.41. The van der Waals surface area contributed by atoms with E-state index in [1.54, 1.807) is 0 Å². The Kier molecular flexibility index (Phi) is 10.4. The van der Waals surface area contributed by atoms with Crippen LogP contribution in [0.25, 0.3) is 0 Å². The second kappa shape index (κ2) is 15.3. The Morgan fingerprint density at radius 3 is 1.13 bits per heavy atom. The first-order valence-electron chi connectivity index (χ1n) is 18.5. The fourth-order valence-corrected chi connectivity index (χ4v) is 9.78. The average molecular weight is 736 g/mol. The highest BCUT2D eigenvalue weighted by Crippen LogP contribution is 2.66. The van der Waals surface area contributed by atoms with Gasteiger partial charge in [0.25, 0.3) is 0 Å². The molecule has 7 heteroatoms. The van der Waals surface area contributed by atoms with E-state index < -0.39 is 43.9 Å². The highest BCUT2D eigenvalue weighted by Gasteiger charge is 2.67. The average Bonchev–Trinajstić information content (AvgIpc) is 3.50. The van der Waals surface area contributed by atoms with Crippen LogP contribution in [-0.4, -0.2) is 37.0 Å². The summed E-state index contributed by atoms with van der Waals surface area (Å²) in [6, 6.07) is 61.9. The van der Waals surface area contributed by atoms with Gasteiger partial charge >= 0.3 is 8.60 Å². The molecule has 0 N–H and O–H groups in total. The van der Waals surface area contributed by atoms with Gasteiger partial charge in [-0.1, -0.05) is 182 Å². The maximum Gasteiger partial charge on any atom is 0.336 e. The number of nitrogens with zero attached hydrogens (tertiary/aromatic N) is 1. The quantitative estimate of drug-likeness (QED) is 0.131. The summed E-state index contributed by atoms with van der Waals surface area (Å²) in [6.07, 6.45) is -1.88. The molecule has 6 aromatic rings. The molecule has 54 heavy (non-hydrogen) atoms. The van der Waals surface area contributed by atoms with Gasteiger partial charge in [0.15, 0.2) is 17.0 Å². The Balaban J connectivity index is 1.42. The van der Waals surface area contributed by atoms with Gasteiger partial charge in [-0.3, -0.25) is 13.9 Å². The van der Waals surface area contributed by atoms with Gasteiger partial charge < -0.3 is 14.0 Å². The van der Waals surface area contributed by atoms with Crippen LogP contribution < -0.4 is 0 Å². The predicted octanol–water partition coefficient (Wildman–Crippen LogP) is 10.7. The van der Waals surface area contributed by atoms with Crippen molar-refractivity contribution < 1.29 is 23.0 Å². The van der Waals surface area contributed by atoms with Gasteiger partial charge in [-0.15, -0.1) is 0 Å². The molecular formula is C47H46NO5P. The third-order valence-electron chi connectivity index (χ3n) is 10.5. The molecule has 0 aliphatic carbocycles. The molecule has 2 heterocycles. The molecular weight excluding hydrogens is 689 g/mol. The van der Waals surface area contributed by atoms with E-state index in [-0.39, 0.29) is 6.04 Å². The van der Waals surface area contributed by atoms with Crippen LogP contribution >= 0.6 is 8.60 Å². The van der Waals surface area contributed by atoms with Crippen LogP contribution in [0.5, 0.6) is 0 Å². The minimum atomic E-state index is -2.22. The number of hydrogen-bond donors (Lipinski definition) is 0. The highest BCUT2D eigenvalue weighted by atomic mass is 31.2. The monoisotopic (exact) mass is 735 g/mol. The zero-order valence-corrected chi connectivity index (χ0v) is 32.0. The van der Waals surface area contributed by atoms with Crippen LogP contribution in [0.3, 0.4) is 0 Å². The van der Waals surface area contributed by atoms with Crippen LogP contribution in [0.4, 0.5) is 0 Å². The third-order valence-corrected chi connectivity index (χ3v) is 11.7. The minimum Gasteiger partial charge on any atom is -0.341 e. The van der Waals surface area contributed by atoms with Crippen molar-refractivity contribution in [2.24, 2.45) is 0 Å². The second-order valence-electron chi connectivity index (χ2n) is 14.6. The molecule has 0 amide bonds. The molecule has 2 unspecified atom stereocenters. The largest absolute Gasteiger partial charge is 0.341 e. The SMILES string of the molecule is CN(C)[C@@H](c1ccccc1)[C@H](OP1OC(c2ccccc2)(c2ccccc2)C2OC(C)(C)O[C@H]2C(c2ccccc2)(c2ccccc2)O1)c1ccccc1. The Morgan fingerprint density at radius 2 is 0.796 bits per heavy atom. The third kappa shape index (κ3) is 6.74. The molecule has 2 aliphatic heterocycles. The molecule has 5 atom stereocenters. The maximum absolute atomic E-state index is 7.69. The van der Waals surface area contributed by atoms with E-state index in [1.165, 1.54) is 0 Å². The molecule has 2 aliphatic rings. The topological polar surface area (TPSA) is 49.4 Å². The van der Waals surface area contributed by atoms with Crippen molar-refractivity contribution in [3.63, 3.8) is 0 Å². The Labute approximate surface area is 320 Å². The van der Waals surface area contributed by atoms with Gasteiger partial charge in [0, 0.05) is 0 Å². The van der Waals surface area contributed by atoms with E-state index in [4.69, 9.17) is 23.0 Å². The molecule has 0 bridgehead atoms. The van der Waals surface area contributed by atoms with E-state index in [1.807, 2.05) is 98.8 Å². The van der Waals surface area contributed by atoms with Crippen LogP contribution in [0, 0.1) is 0 Å². The van der Waals surface area contributed by atoms with Crippen LogP contribution in [0.1, 0.15) is 59.4 Å². The molecule has 0 spiro atoms. The summed E-state index contributed by atoms with van der Waals surface area (Å²) in [4.78, 5) is 2.20. The molecule has 274 valence electrons. The van der Waals surface area contributed by atoms with Crippen LogP contribution in [0.2, 0.25) is 0 Å². The number of ether oxygens (including phenoxy) is 2. The lowest BCUT2D eigenvalue weighted by atomic mass is 9.72. The Hall–Kier alpha value is -4.49. The standard InChI is InChI=1S/C47H46NO5P/c1-45(2)49-43-44(50-45)47(39-31-19-9-20-32-39,40-33-21-10-22-34-40)53-54(52-46(43,37-27-15-7-16-28-37)38-29-17-8-18-30-38)51-42(36-25-13-6-14-26-36)41(48(3)4)35-23-11-5-12-24-35/h5-34,41-44H,1-4H3/t41-,42+,43+,44?,54?/m0/s1. The molecule has 6 aromatic carbocycles. The molecule has 0 aromatic heterocycles. The van der Waals surface area contributed by atoms with Gasteiger partial charge in [0.1, 0.15) is 18.3 Å². The van der Waals surface area contributed by atoms with Gasteiger partial charge in [-0.2, -0.15) is 0 Å². The summed E-state index contributed by atoms with van der Waals surface area (Å²) < 4.78 is 37.2. The summed E-state index contributed by atoms with van der Waals surface area (Å²) >= 11 is 0. The van der Waals surface area contributed by atoms with Crippen molar-refractivity contribution in [3.05, 3.63) is 215 Å². The fraction of sp³-hybridized carbons (Fsp3) is 0.234. The first kappa shape index (κ1) is 36.5.